The first kappa shape index (κ1) is 10.9. The Morgan fingerprint density at radius 2 is 2.06 bits per heavy atom. The number of benzene rings is 1. The van der Waals surface area contributed by atoms with Crippen LogP contribution < -0.4 is 11.1 Å². The van der Waals surface area contributed by atoms with Gasteiger partial charge in [0.05, 0.1) is 5.70 Å². The molecule has 1 heterocycles. The first-order valence-corrected chi connectivity index (χ1v) is 4.99. The largest absolute Gasteiger partial charge is 0.383 e. The Bertz CT molecular complexity index is 593. The standard InChI is InChI=1S/C12H10N4O/c1-15-12(17)9(6-13)10-7-4-2-3-5-8(7)11(14)16-10/h2-5H,1H3,(H2,14,16)(H,15,17). The Labute approximate surface area is 98.3 Å². The molecule has 0 bridgehead atoms. The van der Waals surface area contributed by atoms with Gasteiger partial charge in [0.25, 0.3) is 5.91 Å². The number of likely N-dealkylation sites (N-methyl/N-ethyl adjacent to an activating group) is 1. The van der Waals surface area contributed by atoms with Crippen molar-refractivity contribution in [3.8, 4) is 6.07 Å². The average Bonchev–Trinajstić information content (AvgIpc) is 2.68. The van der Waals surface area contributed by atoms with Crippen molar-refractivity contribution >= 4 is 17.4 Å². The van der Waals surface area contributed by atoms with Gasteiger partial charge in [0.15, 0.2) is 0 Å². The quantitative estimate of drug-likeness (QED) is 0.536. The third-order valence-electron chi connectivity index (χ3n) is 2.49. The van der Waals surface area contributed by atoms with Crippen molar-refractivity contribution in [2.75, 3.05) is 7.05 Å². The van der Waals surface area contributed by atoms with E-state index >= 15 is 0 Å². The van der Waals surface area contributed by atoms with Crippen molar-refractivity contribution < 1.29 is 4.79 Å². The molecular weight excluding hydrogens is 216 g/mol. The van der Waals surface area contributed by atoms with Crippen molar-refractivity contribution in [2.24, 2.45) is 10.7 Å². The van der Waals surface area contributed by atoms with E-state index < -0.39 is 5.91 Å². The SMILES string of the molecule is CNC(=O)C(C#N)=C1N=C(N)c2ccccc21. The van der Waals surface area contributed by atoms with Gasteiger partial charge in [-0.15, -0.1) is 0 Å². The van der Waals surface area contributed by atoms with Crippen LogP contribution in [0.5, 0.6) is 0 Å². The molecule has 0 aliphatic carbocycles. The highest BCUT2D eigenvalue weighted by atomic mass is 16.1. The molecule has 84 valence electrons. The number of hydrogen-bond acceptors (Lipinski definition) is 4. The van der Waals surface area contributed by atoms with Gasteiger partial charge in [-0.05, 0) is 0 Å². The fraction of sp³-hybridized carbons (Fsp3) is 0.0833. The topological polar surface area (TPSA) is 91.3 Å². The molecule has 1 aromatic carbocycles. The first-order chi connectivity index (χ1) is 8.19. The lowest BCUT2D eigenvalue weighted by molar-refractivity contribution is -0.116. The highest BCUT2D eigenvalue weighted by Gasteiger charge is 2.23. The third-order valence-corrected chi connectivity index (χ3v) is 2.49. The Kier molecular flexibility index (Phi) is 2.63. The van der Waals surface area contributed by atoms with Crippen LogP contribution in [-0.4, -0.2) is 18.8 Å². The molecule has 0 saturated carbocycles. The predicted molar refractivity (Wildman–Crippen MR) is 63.8 cm³/mol. The Morgan fingerprint density at radius 3 is 2.65 bits per heavy atom. The second-order valence-corrected chi connectivity index (χ2v) is 3.46. The molecule has 0 atom stereocenters. The number of amides is 1. The minimum atomic E-state index is -0.462. The van der Waals surface area contributed by atoms with Crippen molar-refractivity contribution in [3.05, 3.63) is 41.0 Å². The van der Waals surface area contributed by atoms with E-state index in [1.165, 1.54) is 7.05 Å². The van der Waals surface area contributed by atoms with E-state index in [2.05, 4.69) is 10.3 Å². The van der Waals surface area contributed by atoms with E-state index in [-0.39, 0.29) is 5.57 Å². The van der Waals surface area contributed by atoms with Gasteiger partial charge in [-0.25, -0.2) is 4.99 Å². The van der Waals surface area contributed by atoms with E-state index in [4.69, 9.17) is 11.0 Å². The molecule has 0 unspecified atom stereocenters. The van der Waals surface area contributed by atoms with E-state index in [9.17, 15) is 4.79 Å². The molecule has 0 spiro atoms. The molecule has 5 nitrogen and oxygen atoms in total. The number of rotatable bonds is 1. The molecule has 2 rings (SSSR count). The maximum Gasteiger partial charge on any atom is 0.263 e. The fourth-order valence-corrected chi connectivity index (χ4v) is 1.68. The predicted octanol–water partition coefficient (Wildman–Crippen LogP) is 0.386. The number of nitriles is 1. The molecule has 5 heteroatoms. The monoisotopic (exact) mass is 226 g/mol. The molecule has 3 N–H and O–H groups in total. The molecule has 1 amide bonds. The summed E-state index contributed by atoms with van der Waals surface area (Å²) in [4.78, 5) is 15.6. The zero-order valence-electron chi connectivity index (χ0n) is 9.19. The summed E-state index contributed by atoms with van der Waals surface area (Å²) in [7, 11) is 1.47. The Hall–Kier alpha value is -2.61. The molecular formula is C12H10N4O. The van der Waals surface area contributed by atoms with Crippen LogP contribution in [0.15, 0.2) is 34.8 Å². The summed E-state index contributed by atoms with van der Waals surface area (Å²) in [5, 5.41) is 11.4. The van der Waals surface area contributed by atoms with Crippen molar-refractivity contribution in [1.82, 2.24) is 5.32 Å². The van der Waals surface area contributed by atoms with Crippen LogP contribution in [0.4, 0.5) is 0 Å². The number of aliphatic imine (C=N–C) groups is 1. The summed E-state index contributed by atoms with van der Waals surface area (Å²) in [6.45, 7) is 0. The summed E-state index contributed by atoms with van der Waals surface area (Å²) in [5.74, 6) is -0.136. The number of fused-ring (bicyclic) bond motifs is 1. The normalized spacial score (nSPS) is 15.6. The lowest BCUT2D eigenvalue weighted by Gasteiger charge is -2.02. The molecule has 1 aliphatic heterocycles. The van der Waals surface area contributed by atoms with Gasteiger partial charge < -0.3 is 11.1 Å². The minimum absolute atomic E-state index is 0.0274. The minimum Gasteiger partial charge on any atom is -0.383 e. The van der Waals surface area contributed by atoms with Crippen molar-refractivity contribution in [3.63, 3.8) is 0 Å². The van der Waals surface area contributed by atoms with Crippen LogP contribution >= 0.6 is 0 Å². The molecule has 17 heavy (non-hydrogen) atoms. The van der Waals surface area contributed by atoms with Gasteiger partial charge in [0.2, 0.25) is 0 Å². The summed E-state index contributed by atoms with van der Waals surface area (Å²) in [5.41, 5.74) is 7.51. The molecule has 1 aromatic rings. The summed E-state index contributed by atoms with van der Waals surface area (Å²) < 4.78 is 0. The summed E-state index contributed by atoms with van der Waals surface area (Å²) >= 11 is 0. The van der Waals surface area contributed by atoms with Crippen molar-refractivity contribution in [2.45, 2.75) is 0 Å². The first-order valence-electron chi connectivity index (χ1n) is 4.99. The van der Waals surface area contributed by atoms with Gasteiger partial charge in [-0.3, -0.25) is 4.79 Å². The highest BCUT2D eigenvalue weighted by molar-refractivity contribution is 6.14. The number of amidine groups is 1. The maximum atomic E-state index is 11.5. The number of nitrogens with zero attached hydrogens (tertiary/aromatic N) is 2. The second-order valence-electron chi connectivity index (χ2n) is 3.46. The smallest absolute Gasteiger partial charge is 0.263 e. The molecule has 1 aliphatic rings. The van der Waals surface area contributed by atoms with Gasteiger partial charge >= 0.3 is 0 Å². The van der Waals surface area contributed by atoms with Crippen LogP contribution in [0.25, 0.3) is 5.70 Å². The Balaban J connectivity index is 2.68. The number of carbonyl (C=O) groups is 1. The summed E-state index contributed by atoms with van der Waals surface area (Å²) in [6, 6.07) is 9.09. The number of carbonyl (C=O) groups excluding carboxylic acids is 1. The highest BCUT2D eigenvalue weighted by Crippen LogP contribution is 2.29. The van der Waals surface area contributed by atoms with Gasteiger partial charge in [-0.1, -0.05) is 24.3 Å². The number of nitrogens with one attached hydrogen (secondary N) is 1. The number of hydrogen-bond donors (Lipinski definition) is 2. The van der Waals surface area contributed by atoms with E-state index in [0.717, 1.165) is 5.56 Å². The molecule has 0 radical (unpaired) electrons. The van der Waals surface area contributed by atoms with Crippen molar-refractivity contribution in [1.29, 1.82) is 5.26 Å². The molecule has 0 aromatic heterocycles. The van der Waals surface area contributed by atoms with Crippen LogP contribution in [-0.2, 0) is 4.79 Å². The van der Waals surface area contributed by atoms with Crippen LogP contribution in [0.2, 0.25) is 0 Å². The maximum absolute atomic E-state index is 11.5. The average molecular weight is 226 g/mol. The van der Waals surface area contributed by atoms with E-state index in [0.29, 0.717) is 17.1 Å². The van der Waals surface area contributed by atoms with Crippen LogP contribution in [0.1, 0.15) is 11.1 Å². The van der Waals surface area contributed by atoms with Crippen LogP contribution in [0, 0.1) is 11.3 Å². The van der Waals surface area contributed by atoms with Gasteiger partial charge in [0.1, 0.15) is 17.5 Å². The van der Waals surface area contributed by atoms with Gasteiger partial charge in [0, 0.05) is 18.2 Å². The van der Waals surface area contributed by atoms with Crippen LogP contribution in [0.3, 0.4) is 0 Å². The Morgan fingerprint density at radius 1 is 1.41 bits per heavy atom. The van der Waals surface area contributed by atoms with E-state index in [1.807, 2.05) is 18.2 Å². The van der Waals surface area contributed by atoms with Gasteiger partial charge in [-0.2, -0.15) is 5.26 Å². The lowest BCUT2D eigenvalue weighted by Crippen LogP contribution is -2.20. The fourth-order valence-electron chi connectivity index (χ4n) is 1.68. The molecule has 0 saturated heterocycles. The summed E-state index contributed by atoms with van der Waals surface area (Å²) in [6.07, 6.45) is 0. The third kappa shape index (κ3) is 1.66. The number of nitrogens with two attached hydrogens (primary N) is 1. The van der Waals surface area contributed by atoms with E-state index in [1.54, 1.807) is 12.1 Å². The zero-order chi connectivity index (χ0) is 12.4. The lowest BCUT2D eigenvalue weighted by atomic mass is 10.0. The second kappa shape index (κ2) is 4.10. The zero-order valence-corrected chi connectivity index (χ0v) is 9.19. The molecule has 0 fully saturated rings.